The highest BCUT2D eigenvalue weighted by Crippen LogP contribution is 1.94. The number of guanidine groups is 2. The first kappa shape index (κ1) is 14.7. The lowest BCUT2D eigenvalue weighted by Gasteiger charge is -2.21. The lowest BCUT2D eigenvalue weighted by atomic mass is 10.4. The summed E-state index contributed by atoms with van der Waals surface area (Å²) < 4.78 is 0. The average molecular weight is 227 g/mol. The molecule has 0 aromatic rings. The second kappa shape index (κ2) is 9.00. The molecule has 0 aromatic heterocycles. The van der Waals surface area contributed by atoms with Gasteiger partial charge in [-0.2, -0.15) is 4.99 Å². The van der Waals surface area contributed by atoms with Gasteiger partial charge in [0.2, 0.25) is 5.96 Å². The zero-order chi connectivity index (χ0) is 12.4. The van der Waals surface area contributed by atoms with E-state index in [2.05, 4.69) is 23.8 Å². The van der Waals surface area contributed by atoms with Gasteiger partial charge in [-0.25, -0.2) is 0 Å². The SMILES string of the molecule is CCCN=C(N)/N=C(\N)N(CCC)CCC. The van der Waals surface area contributed by atoms with Crippen molar-refractivity contribution in [3.8, 4) is 0 Å². The summed E-state index contributed by atoms with van der Waals surface area (Å²) in [5.74, 6) is 0.748. The van der Waals surface area contributed by atoms with Crippen LogP contribution in [0, 0.1) is 0 Å². The van der Waals surface area contributed by atoms with Gasteiger partial charge in [0.1, 0.15) is 0 Å². The molecule has 0 heterocycles. The van der Waals surface area contributed by atoms with Gasteiger partial charge in [-0.05, 0) is 19.3 Å². The summed E-state index contributed by atoms with van der Waals surface area (Å²) in [5, 5.41) is 0. The second-order valence-corrected chi connectivity index (χ2v) is 3.70. The largest absolute Gasteiger partial charge is 0.369 e. The maximum absolute atomic E-state index is 5.88. The van der Waals surface area contributed by atoms with E-state index in [1.165, 1.54) is 0 Å². The molecule has 0 saturated heterocycles. The molecule has 0 atom stereocenters. The minimum atomic E-state index is 0.275. The fourth-order valence-corrected chi connectivity index (χ4v) is 1.33. The molecule has 0 bridgehead atoms. The molecule has 5 heteroatoms. The number of hydrogen-bond donors (Lipinski definition) is 2. The van der Waals surface area contributed by atoms with Crippen LogP contribution in [-0.2, 0) is 0 Å². The Morgan fingerprint density at radius 2 is 1.56 bits per heavy atom. The number of nitrogens with two attached hydrogens (primary N) is 2. The summed E-state index contributed by atoms with van der Waals surface area (Å²) in [7, 11) is 0. The van der Waals surface area contributed by atoms with Gasteiger partial charge in [0.15, 0.2) is 5.96 Å². The predicted octanol–water partition coefficient (Wildman–Crippen LogP) is 1.15. The fourth-order valence-electron chi connectivity index (χ4n) is 1.33. The highest BCUT2D eigenvalue weighted by molar-refractivity contribution is 5.93. The molecule has 0 unspecified atom stereocenters. The van der Waals surface area contributed by atoms with Crippen molar-refractivity contribution in [2.24, 2.45) is 21.5 Å². The standard InChI is InChI=1S/C11H25N5/c1-4-7-14-10(12)15-11(13)16(8-5-2)9-6-3/h4-9H2,1-3H3,(H4,12,13,14,15). The van der Waals surface area contributed by atoms with Crippen LogP contribution in [0.3, 0.4) is 0 Å². The van der Waals surface area contributed by atoms with Crippen LogP contribution in [0.25, 0.3) is 0 Å². The number of nitrogens with zero attached hydrogens (tertiary/aromatic N) is 3. The van der Waals surface area contributed by atoms with E-state index in [9.17, 15) is 0 Å². The van der Waals surface area contributed by atoms with Gasteiger partial charge >= 0.3 is 0 Å². The van der Waals surface area contributed by atoms with Crippen LogP contribution in [0.1, 0.15) is 40.0 Å². The first-order valence-corrected chi connectivity index (χ1v) is 6.04. The van der Waals surface area contributed by atoms with E-state index in [0.29, 0.717) is 12.5 Å². The molecule has 16 heavy (non-hydrogen) atoms. The molecular formula is C11H25N5. The summed E-state index contributed by atoms with van der Waals surface area (Å²) in [5.41, 5.74) is 11.5. The lowest BCUT2D eigenvalue weighted by Crippen LogP contribution is -2.39. The molecule has 0 aliphatic heterocycles. The molecule has 0 aromatic carbocycles. The highest BCUT2D eigenvalue weighted by Gasteiger charge is 2.05. The lowest BCUT2D eigenvalue weighted by molar-refractivity contribution is 0.413. The van der Waals surface area contributed by atoms with Gasteiger partial charge in [-0.15, -0.1) is 0 Å². The van der Waals surface area contributed by atoms with Crippen LogP contribution in [0.4, 0.5) is 0 Å². The molecular weight excluding hydrogens is 202 g/mol. The van der Waals surface area contributed by atoms with Gasteiger partial charge in [0, 0.05) is 19.6 Å². The molecule has 0 fully saturated rings. The third-order valence-electron chi connectivity index (χ3n) is 2.04. The molecule has 0 aliphatic carbocycles. The maximum atomic E-state index is 5.88. The monoisotopic (exact) mass is 227 g/mol. The van der Waals surface area contributed by atoms with Crippen LogP contribution >= 0.6 is 0 Å². The van der Waals surface area contributed by atoms with E-state index < -0.39 is 0 Å². The van der Waals surface area contributed by atoms with E-state index in [4.69, 9.17) is 11.5 Å². The summed E-state index contributed by atoms with van der Waals surface area (Å²) >= 11 is 0. The molecule has 0 spiro atoms. The van der Waals surface area contributed by atoms with E-state index >= 15 is 0 Å². The molecule has 4 N–H and O–H groups in total. The van der Waals surface area contributed by atoms with Crippen molar-refractivity contribution in [2.75, 3.05) is 19.6 Å². The van der Waals surface area contributed by atoms with Crippen molar-refractivity contribution < 1.29 is 0 Å². The Bertz CT molecular complexity index is 229. The zero-order valence-electron chi connectivity index (χ0n) is 10.7. The summed E-state index contributed by atoms with van der Waals surface area (Å²) in [4.78, 5) is 10.2. The number of rotatable bonds is 6. The van der Waals surface area contributed by atoms with E-state index in [-0.39, 0.29) is 5.96 Å². The minimum Gasteiger partial charge on any atom is -0.369 e. The molecule has 0 amide bonds. The van der Waals surface area contributed by atoms with Crippen LogP contribution < -0.4 is 11.5 Å². The van der Waals surface area contributed by atoms with Crippen LogP contribution in [0.2, 0.25) is 0 Å². The molecule has 0 radical (unpaired) electrons. The Hall–Kier alpha value is -1.26. The quantitative estimate of drug-likeness (QED) is 0.527. The summed E-state index contributed by atoms with van der Waals surface area (Å²) in [6.45, 7) is 8.79. The summed E-state index contributed by atoms with van der Waals surface area (Å²) in [6.07, 6.45) is 3.05. The fraction of sp³-hybridized carbons (Fsp3) is 0.818. The van der Waals surface area contributed by atoms with E-state index in [0.717, 1.165) is 32.4 Å². The normalized spacial score (nSPS) is 12.9. The molecule has 0 aliphatic rings. The van der Waals surface area contributed by atoms with Crippen LogP contribution in [0.5, 0.6) is 0 Å². The topological polar surface area (TPSA) is 80.0 Å². The van der Waals surface area contributed by atoms with E-state index in [1.807, 2.05) is 11.8 Å². The first-order valence-electron chi connectivity index (χ1n) is 6.04. The third-order valence-corrected chi connectivity index (χ3v) is 2.04. The van der Waals surface area contributed by atoms with Gasteiger partial charge in [0.25, 0.3) is 0 Å². The van der Waals surface area contributed by atoms with Crippen LogP contribution in [0.15, 0.2) is 9.98 Å². The van der Waals surface area contributed by atoms with Crippen molar-refractivity contribution in [3.05, 3.63) is 0 Å². The van der Waals surface area contributed by atoms with Gasteiger partial charge < -0.3 is 16.4 Å². The Balaban J connectivity index is 4.44. The predicted molar refractivity (Wildman–Crippen MR) is 70.6 cm³/mol. The van der Waals surface area contributed by atoms with Crippen molar-refractivity contribution in [2.45, 2.75) is 40.0 Å². The van der Waals surface area contributed by atoms with Crippen molar-refractivity contribution in [1.82, 2.24) is 4.90 Å². The number of aliphatic imine (C=N–C) groups is 2. The van der Waals surface area contributed by atoms with Crippen LogP contribution in [-0.4, -0.2) is 36.5 Å². The zero-order valence-corrected chi connectivity index (χ0v) is 10.7. The van der Waals surface area contributed by atoms with Crippen molar-refractivity contribution in [1.29, 1.82) is 0 Å². The molecule has 0 rings (SSSR count). The van der Waals surface area contributed by atoms with E-state index in [1.54, 1.807) is 0 Å². The average Bonchev–Trinajstić information content (AvgIpc) is 2.26. The summed E-state index contributed by atoms with van der Waals surface area (Å²) in [6, 6.07) is 0. The first-order chi connectivity index (χ1) is 7.65. The Labute approximate surface area is 98.6 Å². The Kier molecular flexibility index (Phi) is 8.29. The second-order valence-electron chi connectivity index (χ2n) is 3.70. The molecule has 0 saturated carbocycles. The minimum absolute atomic E-state index is 0.275. The van der Waals surface area contributed by atoms with Gasteiger partial charge in [-0.3, -0.25) is 4.99 Å². The van der Waals surface area contributed by atoms with Crippen molar-refractivity contribution >= 4 is 11.9 Å². The maximum Gasteiger partial charge on any atom is 0.218 e. The Morgan fingerprint density at radius 1 is 1.00 bits per heavy atom. The third kappa shape index (κ3) is 6.27. The molecule has 94 valence electrons. The van der Waals surface area contributed by atoms with Gasteiger partial charge in [0.05, 0.1) is 0 Å². The van der Waals surface area contributed by atoms with Gasteiger partial charge in [-0.1, -0.05) is 20.8 Å². The smallest absolute Gasteiger partial charge is 0.218 e. The Morgan fingerprint density at radius 3 is 2.00 bits per heavy atom. The van der Waals surface area contributed by atoms with Crippen molar-refractivity contribution in [3.63, 3.8) is 0 Å². The number of hydrogen-bond acceptors (Lipinski definition) is 1. The highest BCUT2D eigenvalue weighted by atomic mass is 15.3. The molecule has 5 nitrogen and oxygen atoms in total.